The minimum Gasteiger partial charge on any atom is -0.341 e. The van der Waals surface area contributed by atoms with Gasteiger partial charge in [-0.05, 0) is 65.1 Å². The summed E-state index contributed by atoms with van der Waals surface area (Å²) in [5, 5.41) is 2.60. The van der Waals surface area contributed by atoms with Crippen molar-refractivity contribution in [2.24, 2.45) is 0 Å². The Hall–Kier alpha value is -2.01. The zero-order valence-electron chi connectivity index (χ0n) is 11.7. The van der Waals surface area contributed by atoms with Crippen LogP contribution in [0.25, 0.3) is 0 Å². The molecule has 0 aliphatic rings. The summed E-state index contributed by atoms with van der Waals surface area (Å²) in [4.78, 5) is 11.8. The average Bonchev–Trinajstić information content (AvgIpc) is 2.51. The van der Waals surface area contributed by atoms with Crippen LogP contribution >= 0.6 is 22.6 Å². The average molecular weight is 429 g/mol. The van der Waals surface area contributed by atoms with E-state index in [1.54, 1.807) is 12.1 Å². The third kappa shape index (κ3) is 5.28. The SMILES string of the molecule is O=C(NCC#Cc1cccc(C(F)(F)F)c1)c1ccc(I)cc1. The lowest BCUT2D eigenvalue weighted by atomic mass is 10.1. The minimum absolute atomic E-state index is 0.0566. The molecular weight excluding hydrogens is 418 g/mol. The molecule has 0 aromatic heterocycles. The first kappa shape index (κ1) is 17.3. The van der Waals surface area contributed by atoms with Crippen LogP contribution in [0, 0.1) is 15.4 Å². The van der Waals surface area contributed by atoms with Crippen LogP contribution in [0.1, 0.15) is 21.5 Å². The molecule has 118 valence electrons. The second-order valence-electron chi connectivity index (χ2n) is 4.57. The molecule has 0 spiro atoms. The normalized spacial score (nSPS) is 10.6. The number of hydrogen-bond donors (Lipinski definition) is 1. The number of hydrogen-bond acceptors (Lipinski definition) is 1. The zero-order chi connectivity index (χ0) is 16.9. The van der Waals surface area contributed by atoms with Gasteiger partial charge in [-0.2, -0.15) is 13.2 Å². The molecule has 0 saturated carbocycles. The van der Waals surface area contributed by atoms with E-state index in [0.717, 1.165) is 15.7 Å². The Balaban J connectivity index is 1.96. The van der Waals surface area contributed by atoms with E-state index in [2.05, 4.69) is 39.7 Å². The van der Waals surface area contributed by atoms with Crippen LogP contribution < -0.4 is 5.32 Å². The maximum absolute atomic E-state index is 12.6. The summed E-state index contributed by atoms with van der Waals surface area (Å²) in [6.07, 6.45) is -4.39. The number of amides is 1. The third-order valence-electron chi connectivity index (χ3n) is 2.87. The molecule has 2 aromatic carbocycles. The van der Waals surface area contributed by atoms with Gasteiger partial charge in [0.05, 0.1) is 12.1 Å². The lowest BCUT2D eigenvalue weighted by Crippen LogP contribution is -2.23. The van der Waals surface area contributed by atoms with Crippen LogP contribution in [0.15, 0.2) is 48.5 Å². The molecule has 0 atom stereocenters. The Labute approximate surface area is 145 Å². The summed E-state index contributed by atoms with van der Waals surface area (Å²) in [7, 11) is 0. The molecule has 2 aromatic rings. The second kappa shape index (κ2) is 7.51. The van der Waals surface area contributed by atoms with Crippen LogP contribution in [-0.2, 0) is 6.18 Å². The largest absolute Gasteiger partial charge is 0.416 e. The van der Waals surface area contributed by atoms with Gasteiger partial charge >= 0.3 is 6.18 Å². The van der Waals surface area contributed by atoms with Gasteiger partial charge in [-0.1, -0.05) is 17.9 Å². The second-order valence-corrected chi connectivity index (χ2v) is 5.82. The van der Waals surface area contributed by atoms with Crippen molar-refractivity contribution in [2.45, 2.75) is 6.18 Å². The maximum Gasteiger partial charge on any atom is 0.416 e. The molecule has 0 saturated heterocycles. The zero-order valence-corrected chi connectivity index (χ0v) is 13.9. The predicted molar refractivity (Wildman–Crippen MR) is 89.8 cm³/mol. The van der Waals surface area contributed by atoms with Crippen LogP contribution in [0.4, 0.5) is 13.2 Å². The molecule has 2 rings (SSSR count). The third-order valence-corrected chi connectivity index (χ3v) is 3.59. The molecule has 0 heterocycles. The summed E-state index contributed by atoms with van der Waals surface area (Å²) >= 11 is 2.14. The number of carbonyl (C=O) groups excluding carboxylic acids is 1. The van der Waals surface area contributed by atoms with Crippen LogP contribution in [-0.4, -0.2) is 12.5 Å². The summed E-state index contributed by atoms with van der Waals surface area (Å²) in [5.74, 6) is 4.97. The van der Waals surface area contributed by atoms with Gasteiger partial charge in [0.2, 0.25) is 0 Å². The van der Waals surface area contributed by atoms with E-state index in [4.69, 9.17) is 0 Å². The summed E-state index contributed by atoms with van der Waals surface area (Å²) in [5.41, 5.74) is 0.0156. The van der Waals surface area contributed by atoms with Crippen molar-refractivity contribution >= 4 is 28.5 Å². The van der Waals surface area contributed by atoms with Crippen molar-refractivity contribution in [3.63, 3.8) is 0 Å². The molecule has 1 N–H and O–H groups in total. The number of alkyl halides is 3. The maximum atomic E-state index is 12.6. The number of rotatable bonds is 2. The molecule has 0 unspecified atom stereocenters. The van der Waals surface area contributed by atoms with E-state index < -0.39 is 11.7 Å². The predicted octanol–water partition coefficient (Wildman–Crippen LogP) is 4.09. The molecule has 0 aliphatic carbocycles. The molecule has 1 amide bonds. The van der Waals surface area contributed by atoms with Crippen molar-refractivity contribution in [3.05, 3.63) is 68.8 Å². The lowest BCUT2D eigenvalue weighted by molar-refractivity contribution is -0.137. The van der Waals surface area contributed by atoms with Crippen molar-refractivity contribution in [1.82, 2.24) is 5.32 Å². The topological polar surface area (TPSA) is 29.1 Å². The molecule has 0 aliphatic heterocycles. The number of nitrogens with one attached hydrogen (secondary N) is 1. The van der Waals surface area contributed by atoms with E-state index in [1.807, 2.05) is 12.1 Å². The van der Waals surface area contributed by atoms with E-state index in [1.165, 1.54) is 12.1 Å². The van der Waals surface area contributed by atoms with Gasteiger partial charge in [0, 0.05) is 14.7 Å². The number of benzene rings is 2. The van der Waals surface area contributed by atoms with Gasteiger partial charge in [-0.15, -0.1) is 0 Å². The number of carbonyl (C=O) groups is 1. The Kier molecular flexibility index (Phi) is 5.66. The lowest BCUT2D eigenvalue weighted by Gasteiger charge is -2.05. The first-order valence-electron chi connectivity index (χ1n) is 6.56. The highest BCUT2D eigenvalue weighted by molar-refractivity contribution is 14.1. The van der Waals surface area contributed by atoms with Gasteiger partial charge < -0.3 is 5.32 Å². The molecule has 23 heavy (non-hydrogen) atoms. The Morgan fingerprint density at radius 1 is 1.13 bits per heavy atom. The molecule has 0 radical (unpaired) electrons. The highest BCUT2D eigenvalue weighted by Gasteiger charge is 2.30. The van der Waals surface area contributed by atoms with E-state index in [-0.39, 0.29) is 18.0 Å². The molecule has 2 nitrogen and oxygen atoms in total. The Morgan fingerprint density at radius 2 is 1.83 bits per heavy atom. The fourth-order valence-electron chi connectivity index (χ4n) is 1.75. The molecule has 0 fully saturated rings. The summed E-state index contributed by atoms with van der Waals surface area (Å²) in [6.45, 7) is 0.0566. The quantitative estimate of drug-likeness (QED) is 0.566. The van der Waals surface area contributed by atoms with Crippen LogP contribution in [0.2, 0.25) is 0 Å². The summed E-state index contributed by atoms with van der Waals surface area (Å²) < 4.78 is 38.7. The van der Waals surface area contributed by atoms with Gasteiger partial charge in [-0.3, -0.25) is 4.79 Å². The Bertz CT molecular complexity index is 758. The van der Waals surface area contributed by atoms with Gasteiger partial charge in [0.15, 0.2) is 0 Å². The smallest absolute Gasteiger partial charge is 0.341 e. The van der Waals surface area contributed by atoms with E-state index in [0.29, 0.717) is 5.56 Å². The van der Waals surface area contributed by atoms with Crippen molar-refractivity contribution in [2.75, 3.05) is 6.54 Å². The highest BCUT2D eigenvalue weighted by atomic mass is 127. The fourth-order valence-corrected chi connectivity index (χ4v) is 2.11. The highest BCUT2D eigenvalue weighted by Crippen LogP contribution is 2.29. The number of halogens is 4. The van der Waals surface area contributed by atoms with E-state index >= 15 is 0 Å². The summed E-state index contributed by atoms with van der Waals surface area (Å²) in [6, 6.07) is 11.8. The van der Waals surface area contributed by atoms with Crippen LogP contribution in [0.5, 0.6) is 0 Å². The van der Waals surface area contributed by atoms with Gasteiger partial charge in [-0.25, -0.2) is 0 Å². The standard InChI is InChI=1S/C17H11F3INO/c18-17(19,20)14-5-1-3-12(11-14)4-2-10-22-16(23)13-6-8-15(21)9-7-13/h1,3,5-9,11H,10H2,(H,22,23). The van der Waals surface area contributed by atoms with Crippen molar-refractivity contribution in [1.29, 1.82) is 0 Å². The van der Waals surface area contributed by atoms with E-state index in [9.17, 15) is 18.0 Å². The monoisotopic (exact) mass is 429 g/mol. The molecular formula is C17H11F3INO. The fraction of sp³-hybridized carbons (Fsp3) is 0.118. The Morgan fingerprint density at radius 3 is 2.48 bits per heavy atom. The first-order valence-corrected chi connectivity index (χ1v) is 7.64. The van der Waals surface area contributed by atoms with Crippen molar-refractivity contribution < 1.29 is 18.0 Å². The van der Waals surface area contributed by atoms with Gasteiger partial charge in [0.1, 0.15) is 0 Å². The van der Waals surface area contributed by atoms with Gasteiger partial charge in [0.25, 0.3) is 5.91 Å². The minimum atomic E-state index is -4.39. The molecule has 0 bridgehead atoms. The van der Waals surface area contributed by atoms with Crippen LogP contribution in [0.3, 0.4) is 0 Å². The van der Waals surface area contributed by atoms with Crippen molar-refractivity contribution in [3.8, 4) is 11.8 Å². The first-order chi connectivity index (χ1) is 10.9. The molecule has 6 heteroatoms.